The first-order valence-corrected chi connectivity index (χ1v) is 11.3. The summed E-state index contributed by atoms with van der Waals surface area (Å²) in [7, 11) is 0. The molecule has 0 heterocycles. The second kappa shape index (κ2) is 8.84. The van der Waals surface area contributed by atoms with Crippen LogP contribution in [0.15, 0.2) is 103 Å². The summed E-state index contributed by atoms with van der Waals surface area (Å²) in [5.41, 5.74) is 8.00. The van der Waals surface area contributed by atoms with E-state index in [9.17, 15) is 4.79 Å². The van der Waals surface area contributed by atoms with E-state index < -0.39 is 0 Å². The molecule has 2 heteroatoms. The molecule has 0 spiro atoms. The molecule has 2 nitrogen and oxygen atoms in total. The summed E-state index contributed by atoms with van der Waals surface area (Å²) in [5, 5.41) is 0. The fourth-order valence-corrected chi connectivity index (χ4v) is 4.78. The molecule has 0 bridgehead atoms. The van der Waals surface area contributed by atoms with Gasteiger partial charge >= 0.3 is 0 Å². The number of benzene rings is 4. The van der Waals surface area contributed by atoms with Crippen LogP contribution in [0.5, 0.6) is 0 Å². The zero-order valence-corrected chi connectivity index (χ0v) is 18.4. The number of aryl methyl sites for hydroxylation is 1. The van der Waals surface area contributed by atoms with Crippen LogP contribution in [-0.2, 0) is 19.4 Å². The summed E-state index contributed by atoms with van der Waals surface area (Å²) in [4.78, 5) is 16.2. The topological polar surface area (TPSA) is 20.3 Å². The van der Waals surface area contributed by atoms with Crippen LogP contribution >= 0.6 is 0 Å². The molecule has 4 aromatic rings. The van der Waals surface area contributed by atoms with Crippen molar-refractivity contribution < 1.29 is 4.79 Å². The number of fused-ring (bicyclic) bond motifs is 1. The van der Waals surface area contributed by atoms with E-state index in [1.165, 1.54) is 16.7 Å². The Morgan fingerprint density at radius 1 is 0.781 bits per heavy atom. The van der Waals surface area contributed by atoms with Crippen LogP contribution in [0.2, 0.25) is 0 Å². The van der Waals surface area contributed by atoms with Crippen molar-refractivity contribution in [2.45, 2.75) is 32.4 Å². The number of carbonyl (C=O) groups is 1. The number of hydrogen-bond acceptors (Lipinski definition) is 1. The number of hydrogen-bond donors (Lipinski definition) is 0. The third-order valence-corrected chi connectivity index (χ3v) is 6.41. The van der Waals surface area contributed by atoms with E-state index in [1.54, 1.807) is 0 Å². The average molecular weight is 418 g/mol. The Morgan fingerprint density at radius 3 is 2.22 bits per heavy atom. The minimum absolute atomic E-state index is 0.0998. The molecule has 1 atom stereocenters. The maximum absolute atomic E-state index is 14.1. The summed E-state index contributed by atoms with van der Waals surface area (Å²) < 4.78 is 0. The van der Waals surface area contributed by atoms with E-state index in [4.69, 9.17) is 0 Å². The molecule has 0 saturated heterocycles. The summed E-state index contributed by atoms with van der Waals surface area (Å²) in [6.07, 6.45) is 1.81. The molecule has 0 N–H and O–H groups in total. The summed E-state index contributed by atoms with van der Waals surface area (Å²) >= 11 is 0. The van der Waals surface area contributed by atoms with Crippen LogP contribution in [0, 0.1) is 6.92 Å². The van der Waals surface area contributed by atoms with Crippen molar-refractivity contribution in [3.05, 3.63) is 131 Å². The van der Waals surface area contributed by atoms with Crippen LogP contribution in [0.1, 0.15) is 32.6 Å². The van der Waals surface area contributed by atoms with E-state index in [0.717, 1.165) is 35.1 Å². The van der Waals surface area contributed by atoms with Crippen molar-refractivity contribution in [1.29, 1.82) is 0 Å². The molecular weight excluding hydrogens is 390 g/mol. The molecular formula is C30H27NO. The normalized spacial score (nSPS) is 14.7. The van der Waals surface area contributed by atoms with Gasteiger partial charge in [-0.2, -0.15) is 0 Å². The Bertz CT molecular complexity index is 1230. The lowest BCUT2D eigenvalue weighted by molar-refractivity contribution is 0.0668. The van der Waals surface area contributed by atoms with Crippen molar-refractivity contribution in [3.63, 3.8) is 0 Å². The molecule has 5 rings (SSSR count). The zero-order chi connectivity index (χ0) is 21.9. The number of nitrogens with zero attached hydrogens (tertiary/aromatic N) is 1. The standard InChI is InChI=1S/C30H27NO/c1-22-16-17-25-19-27(20-26(25)18-22)31(21-23-10-4-2-5-11-23)30(32)29-15-9-8-14-28(29)24-12-6-3-7-13-24/h2-18,27H,19-21H2,1H3/t27-/m1/s1. The number of carbonyl (C=O) groups excluding carboxylic acids is 1. The van der Waals surface area contributed by atoms with Crippen LogP contribution < -0.4 is 0 Å². The maximum Gasteiger partial charge on any atom is 0.255 e. The SMILES string of the molecule is Cc1ccc2c(c1)C[C@H](N(Cc1ccccc1)C(=O)c1ccccc1-c1ccccc1)C2. The lowest BCUT2D eigenvalue weighted by Crippen LogP contribution is -2.40. The molecule has 0 fully saturated rings. The molecule has 1 amide bonds. The first kappa shape index (κ1) is 20.3. The quantitative estimate of drug-likeness (QED) is 0.364. The molecule has 0 radical (unpaired) electrons. The van der Waals surface area contributed by atoms with E-state index in [0.29, 0.717) is 6.54 Å². The highest BCUT2D eigenvalue weighted by atomic mass is 16.2. The molecule has 32 heavy (non-hydrogen) atoms. The first-order chi connectivity index (χ1) is 15.7. The minimum atomic E-state index is 0.0998. The van der Waals surface area contributed by atoms with E-state index >= 15 is 0 Å². The molecule has 4 aromatic carbocycles. The fraction of sp³-hybridized carbons (Fsp3) is 0.167. The van der Waals surface area contributed by atoms with Gasteiger partial charge in [0.1, 0.15) is 0 Å². The highest BCUT2D eigenvalue weighted by molar-refractivity contribution is 6.01. The first-order valence-electron chi connectivity index (χ1n) is 11.3. The highest BCUT2D eigenvalue weighted by Crippen LogP contribution is 2.31. The van der Waals surface area contributed by atoms with Gasteiger partial charge in [0, 0.05) is 18.2 Å². The Morgan fingerprint density at radius 2 is 1.44 bits per heavy atom. The third kappa shape index (κ3) is 4.09. The lowest BCUT2D eigenvalue weighted by Gasteiger charge is -2.30. The number of rotatable bonds is 5. The molecule has 0 unspecified atom stereocenters. The molecule has 1 aliphatic carbocycles. The summed E-state index contributed by atoms with van der Waals surface area (Å²) in [6.45, 7) is 2.75. The summed E-state index contributed by atoms with van der Waals surface area (Å²) in [6, 6.07) is 35.3. The van der Waals surface area contributed by atoms with Crippen molar-refractivity contribution in [3.8, 4) is 11.1 Å². The average Bonchev–Trinajstić information content (AvgIpc) is 3.26. The highest BCUT2D eigenvalue weighted by Gasteiger charge is 2.31. The van der Waals surface area contributed by atoms with Gasteiger partial charge in [0.15, 0.2) is 0 Å². The predicted octanol–water partition coefficient (Wildman–Crippen LogP) is 6.47. The van der Waals surface area contributed by atoms with Gasteiger partial charge in [-0.25, -0.2) is 0 Å². The lowest BCUT2D eigenvalue weighted by atomic mass is 9.98. The van der Waals surface area contributed by atoms with Gasteiger partial charge in [-0.05, 0) is 53.6 Å². The molecule has 1 aliphatic rings. The fourth-order valence-electron chi connectivity index (χ4n) is 4.78. The van der Waals surface area contributed by atoms with E-state index in [-0.39, 0.29) is 11.9 Å². The van der Waals surface area contributed by atoms with Gasteiger partial charge in [-0.1, -0.05) is 103 Å². The van der Waals surface area contributed by atoms with Crippen LogP contribution in [0.3, 0.4) is 0 Å². The Kier molecular flexibility index (Phi) is 5.60. The van der Waals surface area contributed by atoms with E-state index in [1.807, 2.05) is 54.6 Å². The smallest absolute Gasteiger partial charge is 0.255 e. The Balaban J connectivity index is 1.52. The van der Waals surface area contributed by atoms with Crippen molar-refractivity contribution in [2.24, 2.45) is 0 Å². The zero-order valence-electron chi connectivity index (χ0n) is 18.4. The molecule has 0 aromatic heterocycles. The van der Waals surface area contributed by atoms with Crippen molar-refractivity contribution in [1.82, 2.24) is 4.90 Å². The largest absolute Gasteiger partial charge is 0.331 e. The van der Waals surface area contributed by atoms with Gasteiger partial charge in [0.05, 0.1) is 0 Å². The third-order valence-electron chi connectivity index (χ3n) is 6.41. The molecule has 0 aliphatic heterocycles. The molecule has 158 valence electrons. The van der Waals surface area contributed by atoms with E-state index in [2.05, 4.69) is 60.4 Å². The van der Waals surface area contributed by atoms with Gasteiger partial charge < -0.3 is 4.90 Å². The van der Waals surface area contributed by atoms with Crippen LogP contribution in [0.25, 0.3) is 11.1 Å². The Hall–Kier alpha value is -3.65. The molecule has 0 saturated carbocycles. The second-order valence-electron chi connectivity index (χ2n) is 8.66. The maximum atomic E-state index is 14.1. The van der Waals surface area contributed by atoms with Gasteiger partial charge in [0.2, 0.25) is 0 Å². The van der Waals surface area contributed by atoms with Crippen LogP contribution in [-0.4, -0.2) is 16.8 Å². The van der Waals surface area contributed by atoms with Gasteiger partial charge in [-0.3, -0.25) is 4.79 Å². The number of amides is 1. The predicted molar refractivity (Wildman–Crippen MR) is 131 cm³/mol. The monoisotopic (exact) mass is 417 g/mol. The summed E-state index contributed by atoms with van der Waals surface area (Å²) in [5.74, 6) is 0.0998. The van der Waals surface area contributed by atoms with Gasteiger partial charge in [0.25, 0.3) is 5.91 Å². The van der Waals surface area contributed by atoms with Crippen LogP contribution in [0.4, 0.5) is 0 Å². The van der Waals surface area contributed by atoms with Crippen molar-refractivity contribution in [2.75, 3.05) is 0 Å². The Labute approximate surface area is 190 Å². The minimum Gasteiger partial charge on any atom is -0.331 e. The van der Waals surface area contributed by atoms with Gasteiger partial charge in [-0.15, -0.1) is 0 Å². The van der Waals surface area contributed by atoms with Crippen molar-refractivity contribution >= 4 is 5.91 Å². The second-order valence-corrected chi connectivity index (χ2v) is 8.66.